The van der Waals surface area contributed by atoms with Gasteiger partial charge in [-0.25, -0.2) is 0 Å². The van der Waals surface area contributed by atoms with Crippen molar-refractivity contribution in [2.24, 2.45) is 5.18 Å². The summed E-state index contributed by atoms with van der Waals surface area (Å²) < 4.78 is 0. The lowest BCUT2D eigenvalue weighted by Gasteiger charge is -2.25. The zero-order valence-corrected chi connectivity index (χ0v) is 22.0. The van der Waals surface area contributed by atoms with Crippen LogP contribution in [-0.4, -0.2) is 0 Å². The molecular weight excluding hydrogens is 402 g/mol. The second-order valence-electron chi connectivity index (χ2n) is 11.2. The van der Waals surface area contributed by atoms with Crippen molar-refractivity contribution >= 4 is 38.0 Å². The summed E-state index contributed by atoms with van der Waals surface area (Å²) in [7, 11) is 0. The molecule has 0 saturated carbocycles. The average molecular weight is 441 g/mol. The Balaban J connectivity index is 2.47. The van der Waals surface area contributed by atoms with Gasteiger partial charge < -0.3 is 0 Å². The van der Waals surface area contributed by atoms with Crippen molar-refractivity contribution in [1.82, 2.24) is 0 Å². The molecule has 0 amide bonds. The fourth-order valence-corrected chi connectivity index (χ4v) is 5.60. The minimum atomic E-state index is 0.289. The number of nitrogens with zero attached hydrogens (tertiary/aromatic N) is 1. The highest BCUT2D eigenvalue weighted by Gasteiger charge is 2.30. The van der Waals surface area contributed by atoms with E-state index >= 15 is 0 Å². The van der Waals surface area contributed by atoms with Gasteiger partial charge in [0.25, 0.3) is 0 Å². The maximum atomic E-state index is 12.4. The van der Waals surface area contributed by atoms with Gasteiger partial charge in [0.15, 0.2) is 5.56 Å². The zero-order chi connectivity index (χ0) is 24.4. The number of nitroso groups, excluding NO2 is 1. The molecule has 0 radical (unpaired) electrons. The predicted molar refractivity (Wildman–Crippen MR) is 146 cm³/mol. The maximum Gasteiger partial charge on any atom is 0.227 e. The molecule has 0 aliphatic heterocycles. The van der Waals surface area contributed by atoms with E-state index in [1.54, 1.807) is 0 Å². The maximum absolute atomic E-state index is 12.4. The molecule has 0 unspecified atom stereocenters. The molecule has 0 aliphatic rings. The van der Waals surface area contributed by atoms with Gasteiger partial charge in [0.2, 0.25) is 5.69 Å². The molecule has 2 nitrogen and oxygen atoms in total. The van der Waals surface area contributed by atoms with Gasteiger partial charge in [-0.05, 0) is 68.8 Å². The number of benzene rings is 4. The molecule has 4 aromatic carbocycles. The van der Waals surface area contributed by atoms with Crippen LogP contribution in [0.25, 0.3) is 32.3 Å². The van der Waals surface area contributed by atoms with E-state index in [-0.39, 0.29) is 5.92 Å². The molecule has 33 heavy (non-hydrogen) atoms. The van der Waals surface area contributed by atoms with Gasteiger partial charge in [-0.1, -0.05) is 61.5 Å². The molecule has 0 aromatic heterocycles. The van der Waals surface area contributed by atoms with Crippen LogP contribution < -0.4 is 0 Å². The van der Waals surface area contributed by atoms with Crippen molar-refractivity contribution in [3.8, 4) is 0 Å². The third-order valence-corrected chi connectivity index (χ3v) is 7.34. The minimum Gasteiger partial charge on any atom is -0.129 e. The zero-order valence-electron chi connectivity index (χ0n) is 22.0. The largest absolute Gasteiger partial charge is 0.227 e. The van der Waals surface area contributed by atoms with Crippen LogP contribution in [-0.2, 0) is 0 Å². The predicted octanol–water partition coefficient (Wildman–Crippen LogP) is 10.4. The Labute approximate surface area is 199 Å². The van der Waals surface area contributed by atoms with Crippen LogP contribution in [0, 0.1) is 10.8 Å². The Kier molecular flexibility index (Phi) is 5.93. The first-order chi connectivity index (χ1) is 15.5. The van der Waals surface area contributed by atoms with E-state index in [0.717, 1.165) is 16.9 Å². The van der Waals surface area contributed by atoms with Crippen molar-refractivity contribution in [1.29, 1.82) is 0 Å². The SMILES string of the molecule is C[C+](C)c1cc2c(C(C)C)cc3c(C(C)C)cc(C(C)C)c4cc(C(C)C)c(c1N=O)c2c34. The first kappa shape index (κ1) is 23.5. The Bertz CT molecular complexity index is 1330. The van der Waals surface area contributed by atoms with Crippen molar-refractivity contribution in [3.63, 3.8) is 0 Å². The summed E-state index contributed by atoms with van der Waals surface area (Å²) in [6, 6.07) is 9.49. The lowest BCUT2D eigenvalue weighted by Crippen LogP contribution is -2.04. The van der Waals surface area contributed by atoms with Gasteiger partial charge in [0, 0.05) is 41.1 Å². The molecule has 0 bridgehead atoms. The Morgan fingerprint density at radius 2 is 1.00 bits per heavy atom. The summed E-state index contributed by atoms with van der Waals surface area (Å²) in [4.78, 5) is 12.4. The van der Waals surface area contributed by atoms with Crippen LogP contribution in [0.1, 0.15) is 121 Å². The first-order valence-corrected chi connectivity index (χ1v) is 12.5. The van der Waals surface area contributed by atoms with E-state index in [1.807, 2.05) is 0 Å². The molecule has 0 fully saturated rings. The molecule has 0 heterocycles. The van der Waals surface area contributed by atoms with Gasteiger partial charge in [-0.2, -0.15) is 0 Å². The van der Waals surface area contributed by atoms with E-state index in [2.05, 4.69) is 98.7 Å². The Hall–Kier alpha value is -2.61. The summed E-state index contributed by atoms with van der Waals surface area (Å²) in [5.74, 6) is 2.63. The van der Waals surface area contributed by atoms with Gasteiger partial charge >= 0.3 is 0 Å². The molecule has 172 valence electrons. The topological polar surface area (TPSA) is 29.4 Å². The van der Waals surface area contributed by atoms with Gasteiger partial charge in [-0.3, -0.25) is 0 Å². The van der Waals surface area contributed by atoms with Gasteiger partial charge in [-0.15, -0.1) is 4.91 Å². The molecule has 0 N–H and O–H groups in total. The summed E-state index contributed by atoms with van der Waals surface area (Å²) in [6.45, 7) is 22.3. The van der Waals surface area contributed by atoms with E-state index in [4.69, 9.17) is 0 Å². The second-order valence-corrected chi connectivity index (χ2v) is 11.2. The molecule has 0 saturated heterocycles. The summed E-state index contributed by atoms with van der Waals surface area (Å²) in [6.07, 6.45) is 0. The summed E-state index contributed by atoms with van der Waals surface area (Å²) >= 11 is 0. The third-order valence-electron chi connectivity index (χ3n) is 7.34. The van der Waals surface area contributed by atoms with Crippen molar-refractivity contribution in [2.45, 2.75) is 92.9 Å². The lowest BCUT2D eigenvalue weighted by atomic mass is 9.77. The van der Waals surface area contributed by atoms with Gasteiger partial charge in [0.05, 0.1) is 11.5 Å². The second kappa shape index (κ2) is 8.31. The fourth-order valence-electron chi connectivity index (χ4n) is 5.60. The Morgan fingerprint density at radius 1 is 0.576 bits per heavy atom. The van der Waals surface area contributed by atoms with Crippen LogP contribution in [0.2, 0.25) is 0 Å². The van der Waals surface area contributed by atoms with E-state index in [9.17, 15) is 4.91 Å². The van der Waals surface area contributed by atoms with Crippen LogP contribution in [0.15, 0.2) is 29.4 Å². The number of rotatable bonds is 6. The highest BCUT2D eigenvalue weighted by Crippen LogP contribution is 2.50. The first-order valence-electron chi connectivity index (χ1n) is 12.5. The van der Waals surface area contributed by atoms with Crippen molar-refractivity contribution in [3.05, 3.63) is 62.9 Å². The summed E-state index contributed by atoms with van der Waals surface area (Å²) in [5.41, 5.74) is 6.97. The van der Waals surface area contributed by atoms with E-state index in [0.29, 0.717) is 23.4 Å². The highest BCUT2D eigenvalue weighted by atomic mass is 16.3. The highest BCUT2D eigenvalue weighted by molar-refractivity contribution is 6.28. The van der Waals surface area contributed by atoms with Crippen LogP contribution >= 0.6 is 0 Å². The Morgan fingerprint density at radius 3 is 1.42 bits per heavy atom. The smallest absolute Gasteiger partial charge is 0.129 e. The normalized spacial score (nSPS) is 12.5. The molecular formula is C31H38NO+. The number of hydrogen-bond donors (Lipinski definition) is 0. The minimum absolute atomic E-state index is 0.289. The van der Waals surface area contributed by atoms with Crippen molar-refractivity contribution < 1.29 is 0 Å². The van der Waals surface area contributed by atoms with E-state index < -0.39 is 0 Å². The molecule has 0 aliphatic carbocycles. The molecule has 4 rings (SSSR count). The molecule has 2 heteroatoms. The molecule has 0 atom stereocenters. The summed E-state index contributed by atoms with van der Waals surface area (Å²) in [5, 5.41) is 11.2. The van der Waals surface area contributed by atoms with Crippen molar-refractivity contribution in [2.75, 3.05) is 0 Å². The van der Waals surface area contributed by atoms with Crippen LogP contribution in [0.3, 0.4) is 0 Å². The van der Waals surface area contributed by atoms with Gasteiger partial charge in [0.1, 0.15) is 0 Å². The average Bonchev–Trinajstić information content (AvgIpc) is 2.74. The monoisotopic (exact) mass is 440 g/mol. The third kappa shape index (κ3) is 3.50. The fraction of sp³-hybridized carbons (Fsp3) is 0.452. The number of hydrogen-bond acceptors (Lipinski definition) is 2. The van der Waals surface area contributed by atoms with E-state index in [1.165, 1.54) is 49.2 Å². The molecule has 4 aromatic rings. The lowest BCUT2D eigenvalue weighted by molar-refractivity contribution is 0.844. The standard InChI is InChI=1S/C31H38NO/c1-15(2)20-11-21(16(3)4)26-13-23(18(7)8)30-29-27(14-24(19(9)10)31(30)32-33)22(17(5)6)12-25(20)28(26)29/h11-18H,1-10H3/q+1. The van der Waals surface area contributed by atoms with Crippen LogP contribution in [0.5, 0.6) is 0 Å². The van der Waals surface area contributed by atoms with Crippen LogP contribution in [0.4, 0.5) is 5.69 Å². The quantitative estimate of drug-likeness (QED) is 0.166. The molecule has 0 spiro atoms.